The molecule has 0 spiro atoms. The van der Waals surface area contributed by atoms with E-state index in [1.165, 1.54) is 11.8 Å². The van der Waals surface area contributed by atoms with Crippen LogP contribution in [-0.2, 0) is 20.4 Å². The lowest BCUT2D eigenvalue weighted by atomic mass is 10.1. The fraction of sp³-hybridized carbons (Fsp3) is 0.0741. The number of sulfone groups is 1. The van der Waals surface area contributed by atoms with Gasteiger partial charge >= 0.3 is 0 Å². The molecule has 0 aliphatic carbocycles. The van der Waals surface area contributed by atoms with Crippen molar-refractivity contribution in [1.82, 2.24) is 14.8 Å². The lowest BCUT2D eigenvalue weighted by molar-refractivity contribution is -0.113. The van der Waals surface area contributed by atoms with Crippen molar-refractivity contribution in [1.29, 1.82) is 0 Å². The first-order chi connectivity index (χ1) is 17.5. The van der Waals surface area contributed by atoms with Crippen molar-refractivity contribution in [2.24, 2.45) is 0 Å². The van der Waals surface area contributed by atoms with Crippen molar-refractivity contribution in [3.8, 4) is 5.69 Å². The van der Waals surface area contributed by atoms with E-state index in [0.717, 1.165) is 22.1 Å². The quantitative estimate of drug-likeness (QED) is 0.289. The number of hydrogen-bond acceptors (Lipinski definition) is 6. The topological polar surface area (TPSA) is 94.0 Å². The van der Waals surface area contributed by atoms with Crippen LogP contribution in [0.4, 0.5) is 5.69 Å². The molecular formula is C27H22N4O3S2. The number of carbonyl (C=O) groups excluding carboxylic acids is 1. The number of amides is 1. The second-order valence-electron chi connectivity index (χ2n) is 8.01. The number of nitrogens with one attached hydrogen (secondary N) is 1. The van der Waals surface area contributed by atoms with Crippen LogP contribution in [0.3, 0.4) is 0 Å². The summed E-state index contributed by atoms with van der Waals surface area (Å²) in [6, 6.07) is 31.1. The van der Waals surface area contributed by atoms with Gasteiger partial charge in [-0.25, -0.2) is 8.42 Å². The fourth-order valence-electron chi connectivity index (χ4n) is 3.86. The smallest absolute Gasteiger partial charge is 0.234 e. The lowest BCUT2D eigenvalue weighted by Gasteiger charge is -2.11. The number of rotatable bonds is 8. The zero-order valence-corrected chi connectivity index (χ0v) is 20.7. The monoisotopic (exact) mass is 514 g/mol. The van der Waals surface area contributed by atoms with Crippen LogP contribution in [0.15, 0.2) is 113 Å². The summed E-state index contributed by atoms with van der Waals surface area (Å²) < 4.78 is 27.7. The summed E-state index contributed by atoms with van der Waals surface area (Å²) in [6.45, 7) is 0. The Morgan fingerprint density at radius 3 is 2.25 bits per heavy atom. The summed E-state index contributed by atoms with van der Waals surface area (Å²) in [5, 5.41) is 13.8. The molecule has 1 amide bonds. The van der Waals surface area contributed by atoms with Gasteiger partial charge in [0.2, 0.25) is 5.91 Å². The van der Waals surface area contributed by atoms with Gasteiger partial charge in [0.25, 0.3) is 0 Å². The summed E-state index contributed by atoms with van der Waals surface area (Å²) in [5.74, 6) is -0.152. The number of para-hydroxylation sites is 1. The van der Waals surface area contributed by atoms with Gasteiger partial charge in [-0.1, -0.05) is 84.6 Å². The minimum Gasteiger partial charge on any atom is -0.325 e. The summed E-state index contributed by atoms with van der Waals surface area (Å²) in [6.07, 6.45) is 0. The van der Waals surface area contributed by atoms with Crippen LogP contribution in [0.2, 0.25) is 0 Å². The van der Waals surface area contributed by atoms with E-state index in [9.17, 15) is 13.2 Å². The summed E-state index contributed by atoms with van der Waals surface area (Å²) in [7, 11) is -3.64. The molecule has 0 bridgehead atoms. The van der Waals surface area contributed by atoms with Crippen LogP contribution < -0.4 is 5.32 Å². The molecule has 0 saturated carbocycles. The average Bonchev–Trinajstić information content (AvgIpc) is 3.30. The minimum absolute atomic E-state index is 0.0830. The van der Waals surface area contributed by atoms with Crippen LogP contribution in [0, 0.1) is 0 Å². The van der Waals surface area contributed by atoms with Crippen LogP contribution in [0.25, 0.3) is 16.5 Å². The fourth-order valence-corrected chi connectivity index (χ4v) is 5.89. The van der Waals surface area contributed by atoms with Crippen molar-refractivity contribution < 1.29 is 13.2 Å². The Labute approximate surface area is 213 Å². The maximum atomic E-state index is 13.0. The number of benzene rings is 4. The van der Waals surface area contributed by atoms with E-state index in [0.29, 0.717) is 5.16 Å². The maximum Gasteiger partial charge on any atom is 0.234 e. The molecule has 36 heavy (non-hydrogen) atoms. The molecule has 1 N–H and O–H groups in total. The normalized spacial score (nSPS) is 11.4. The first kappa shape index (κ1) is 23.8. The molecule has 5 rings (SSSR count). The zero-order valence-electron chi connectivity index (χ0n) is 19.1. The number of anilines is 1. The summed E-state index contributed by atoms with van der Waals surface area (Å²) in [4.78, 5) is 13.0. The van der Waals surface area contributed by atoms with Crippen molar-refractivity contribution >= 4 is 44.0 Å². The second-order valence-corrected chi connectivity index (χ2v) is 10.9. The zero-order chi connectivity index (χ0) is 25.0. The Morgan fingerprint density at radius 2 is 1.47 bits per heavy atom. The van der Waals surface area contributed by atoms with E-state index in [2.05, 4.69) is 15.5 Å². The number of aromatic nitrogens is 3. The van der Waals surface area contributed by atoms with Gasteiger partial charge in [-0.2, -0.15) is 0 Å². The average molecular weight is 515 g/mol. The first-order valence-corrected chi connectivity index (χ1v) is 13.8. The van der Waals surface area contributed by atoms with Crippen LogP contribution in [0.1, 0.15) is 5.82 Å². The van der Waals surface area contributed by atoms with Gasteiger partial charge in [0.1, 0.15) is 5.75 Å². The van der Waals surface area contributed by atoms with Gasteiger partial charge in [-0.15, -0.1) is 10.2 Å². The van der Waals surface area contributed by atoms with Gasteiger partial charge in [-0.3, -0.25) is 9.36 Å². The number of thioether (sulfide) groups is 1. The summed E-state index contributed by atoms with van der Waals surface area (Å²) in [5.41, 5.74) is 1.45. The predicted octanol–water partition coefficient (Wildman–Crippen LogP) is 5.13. The van der Waals surface area contributed by atoms with E-state index in [1.807, 2.05) is 72.8 Å². The van der Waals surface area contributed by atoms with Gasteiger partial charge in [0.05, 0.1) is 10.6 Å². The molecule has 0 fully saturated rings. The van der Waals surface area contributed by atoms with Crippen molar-refractivity contribution in [3.05, 3.63) is 109 Å². The number of nitrogens with zero attached hydrogens (tertiary/aromatic N) is 3. The van der Waals surface area contributed by atoms with Crippen molar-refractivity contribution in [2.75, 3.05) is 11.1 Å². The second kappa shape index (κ2) is 10.3. The molecule has 0 atom stereocenters. The van der Waals surface area contributed by atoms with Gasteiger partial charge in [-0.05, 0) is 35.7 Å². The van der Waals surface area contributed by atoms with E-state index < -0.39 is 9.84 Å². The molecule has 0 radical (unpaired) electrons. The van der Waals surface area contributed by atoms with E-state index >= 15 is 0 Å². The molecule has 180 valence electrons. The molecule has 0 aliphatic rings. The van der Waals surface area contributed by atoms with Gasteiger partial charge in [0.15, 0.2) is 20.8 Å². The lowest BCUT2D eigenvalue weighted by Crippen LogP contribution is -2.15. The maximum absolute atomic E-state index is 13.0. The predicted molar refractivity (Wildman–Crippen MR) is 142 cm³/mol. The molecule has 0 unspecified atom stereocenters. The minimum atomic E-state index is -3.64. The van der Waals surface area contributed by atoms with Crippen LogP contribution in [0.5, 0.6) is 0 Å². The Balaban J connectivity index is 1.38. The largest absolute Gasteiger partial charge is 0.325 e. The Morgan fingerprint density at radius 1 is 0.806 bits per heavy atom. The van der Waals surface area contributed by atoms with Gasteiger partial charge < -0.3 is 5.32 Å². The molecule has 4 aromatic carbocycles. The standard InChI is InChI=1S/C27H22N4O3S2/c32-26(28-24-17-9-11-20-10-7-8-16-23(20)24)18-35-27-30-29-25(31(27)21-12-3-1-4-13-21)19-36(33,34)22-14-5-2-6-15-22/h1-17H,18-19H2,(H,28,32). The third-order valence-electron chi connectivity index (χ3n) is 5.53. The highest BCUT2D eigenvalue weighted by atomic mass is 32.2. The molecule has 0 saturated heterocycles. The molecule has 7 nitrogen and oxygen atoms in total. The molecule has 1 heterocycles. The van der Waals surface area contributed by atoms with E-state index in [-0.39, 0.29) is 28.1 Å². The third kappa shape index (κ3) is 5.17. The van der Waals surface area contributed by atoms with Crippen molar-refractivity contribution in [2.45, 2.75) is 15.8 Å². The highest BCUT2D eigenvalue weighted by Crippen LogP contribution is 2.26. The molecule has 0 aliphatic heterocycles. The Bertz CT molecular complexity index is 1610. The number of hydrogen-bond donors (Lipinski definition) is 1. The van der Waals surface area contributed by atoms with Gasteiger partial charge in [0, 0.05) is 16.8 Å². The summed E-state index contributed by atoms with van der Waals surface area (Å²) >= 11 is 1.20. The SMILES string of the molecule is O=C(CSc1nnc(CS(=O)(=O)c2ccccc2)n1-c1ccccc1)Nc1cccc2ccccc12. The van der Waals surface area contributed by atoms with Crippen molar-refractivity contribution in [3.63, 3.8) is 0 Å². The number of carbonyl (C=O) groups is 1. The molecule has 9 heteroatoms. The highest BCUT2D eigenvalue weighted by molar-refractivity contribution is 7.99. The molecular weight excluding hydrogens is 492 g/mol. The number of fused-ring (bicyclic) bond motifs is 1. The molecule has 5 aromatic rings. The highest BCUT2D eigenvalue weighted by Gasteiger charge is 2.23. The van der Waals surface area contributed by atoms with E-state index in [1.54, 1.807) is 34.9 Å². The third-order valence-corrected chi connectivity index (χ3v) is 8.09. The van der Waals surface area contributed by atoms with Crippen LogP contribution in [-0.4, -0.2) is 34.8 Å². The first-order valence-electron chi connectivity index (χ1n) is 11.2. The Kier molecular flexibility index (Phi) is 6.84. The Hall–Kier alpha value is -3.95. The van der Waals surface area contributed by atoms with E-state index in [4.69, 9.17) is 0 Å². The molecule has 1 aromatic heterocycles. The van der Waals surface area contributed by atoms with Crippen LogP contribution >= 0.6 is 11.8 Å².